The lowest BCUT2D eigenvalue weighted by Crippen LogP contribution is -2.33. The van der Waals surface area contributed by atoms with Crippen LogP contribution in [0.2, 0.25) is 0 Å². The highest BCUT2D eigenvalue weighted by molar-refractivity contribution is 6.02. The van der Waals surface area contributed by atoms with Gasteiger partial charge in [0, 0.05) is 29.7 Å². The normalized spacial score (nSPS) is 18.1. The van der Waals surface area contributed by atoms with Gasteiger partial charge in [-0.15, -0.1) is 0 Å². The summed E-state index contributed by atoms with van der Waals surface area (Å²) < 4.78 is 17.5. The number of hydrogen-bond acceptors (Lipinski definition) is 7. The van der Waals surface area contributed by atoms with Gasteiger partial charge >= 0.3 is 0 Å². The van der Waals surface area contributed by atoms with Crippen molar-refractivity contribution in [3.8, 4) is 17.2 Å². The molecule has 35 heavy (non-hydrogen) atoms. The van der Waals surface area contributed by atoms with Crippen molar-refractivity contribution in [2.45, 2.75) is 25.6 Å². The topological polar surface area (TPSA) is 86.4 Å². The van der Waals surface area contributed by atoms with E-state index in [1.807, 2.05) is 60.5 Å². The van der Waals surface area contributed by atoms with E-state index < -0.39 is 6.23 Å². The Morgan fingerprint density at radius 2 is 1.83 bits per heavy atom. The summed E-state index contributed by atoms with van der Waals surface area (Å²) in [6.45, 7) is 6.64. The number of fused-ring (bicyclic) bond motifs is 3. The average Bonchev–Trinajstić information content (AvgIpc) is 3.33. The molecule has 0 spiro atoms. The summed E-state index contributed by atoms with van der Waals surface area (Å²) in [5.74, 6) is 2.16. The summed E-state index contributed by atoms with van der Waals surface area (Å²) >= 11 is 0. The van der Waals surface area contributed by atoms with E-state index >= 15 is 0 Å². The Bertz CT molecular complexity index is 1270. The monoisotopic (exact) mass is 471 g/mol. The van der Waals surface area contributed by atoms with Crippen molar-refractivity contribution in [3.05, 3.63) is 106 Å². The minimum absolute atomic E-state index is 0.0315. The van der Waals surface area contributed by atoms with Crippen LogP contribution in [0, 0.1) is 10.1 Å². The second-order valence-corrected chi connectivity index (χ2v) is 8.22. The van der Waals surface area contributed by atoms with Gasteiger partial charge < -0.3 is 14.2 Å². The molecule has 2 heterocycles. The van der Waals surface area contributed by atoms with Gasteiger partial charge in [0.05, 0.1) is 23.3 Å². The molecule has 3 aromatic carbocycles. The molecule has 0 aromatic heterocycles. The largest absolute Gasteiger partial charge is 0.494 e. The van der Waals surface area contributed by atoms with Crippen LogP contribution in [0.25, 0.3) is 0 Å². The number of rotatable bonds is 8. The first kappa shape index (κ1) is 22.5. The van der Waals surface area contributed by atoms with E-state index in [9.17, 15) is 10.1 Å². The Morgan fingerprint density at radius 1 is 1.11 bits per heavy atom. The van der Waals surface area contributed by atoms with Crippen molar-refractivity contribution in [2.75, 3.05) is 13.2 Å². The lowest BCUT2D eigenvalue weighted by atomic mass is 9.95. The number of nitrogens with zero attached hydrogens (tertiary/aromatic N) is 3. The molecule has 2 aliphatic rings. The van der Waals surface area contributed by atoms with Crippen LogP contribution in [0.15, 0.2) is 84.5 Å². The molecule has 0 radical (unpaired) electrons. The molecule has 5 rings (SSSR count). The molecular weight excluding hydrogens is 446 g/mol. The molecule has 0 unspecified atom stereocenters. The molecule has 2 atom stereocenters. The highest BCUT2D eigenvalue weighted by Crippen LogP contribution is 2.48. The maximum Gasteiger partial charge on any atom is 0.270 e. The molecule has 0 aliphatic carbocycles. The maximum absolute atomic E-state index is 11.4. The fourth-order valence-electron chi connectivity index (χ4n) is 4.38. The summed E-state index contributed by atoms with van der Waals surface area (Å²) in [4.78, 5) is 11.0. The van der Waals surface area contributed by atoms with Crippen molar-refractivity contribution in [2.24, 2.45) is 5.10 Å². The zero-order valence-electron chi connectivity index (χ0n) is 19.3. The molecule has 8 nitrogen and oxygen atoms in total. The van der Waals surface area contributed by atoms with E-state index in [1.54, 1.807) is 18.2 Å². The molecule has 3 aromatic rings. The lowest BCUT2D eigenvalue weighted by Gasteiger charge is -2.38. The number of nitro groups is 1. The van der Waals surface area contributed by atoms with Crippen molar-refractivity contribution >= 4 is 11.4 Å². The van der Waals surface area contributed by atoms with Crippen LogP contribution in [0.1, 0.15) is 42.3 Å². The highest BCUT2D eigenvalue weighted by Gasteiger charge is 2.41. The van der Waals surface area contributed by atoms with Crippen LogP contribution in [0.4, 0.5) is 5.69 Å². The van der Waals surface area contributed by atoms with E-state index in [2.05, 4.69) is 6.58 Å². The van der Waals surface area contributed by atoms with Gasteiger partial charge in [0.15, 0.2) is 0 Å². The summed E-state index contributed by atoms with van der Waals surface area (Å²) in [6.07, 6.45) is 1.82. The Hall–Kier alpha value is -4.33. The molecule has 178 valence electrons. The van der Waals surface area contributed by atoms with Gasteiger partial charge in [-0.05, 0) is 67.1 Å². The number of hydrogen-bond donors (Lipinski definition) is 0. The molecule has 0 amide bonds. The van der Waals surface area contributed by atoms with Gasteiger partial charge in [0.25, 0.3) is 5.69 Å². The van der Waals surface area contributed by atoms with Crippen LogP contribution in [-0.2, 0) is 0 Å². The van der Waals surface area contributed by atoms with Gasteiger partial charge in [0.1, 0.15) is 23.9 Å². The Morgan fingerprint density at radius 3 is 2.51 bits per heavy atom. The van der Waals surface area contributed by atoms with Gasteiger partial charge in [-0.25, -0.2) is 5.01 Å². The first-order valence-electron chi connectivity index (χ1n) is 11.4. The smallest absolute Gasteiger partial charge is 0.270 e. The van der Waals surface area contributed by atoms with Gasteiger partial charge in [0.2, 0.25) is 6.23 Å². The van der Waals surface area contributed by atoms with E-state index in [1.165, 1.54) is 6.07 Å². The standard InChI is InChI=1S/C27H25N3O5/c1-3-15-34-22-10-5-18(6-11-22)24-17-25-23-16-20(30(31)32)9-14-26(23)35-27(29(25)28-24)19-7-12-21(13-8-19)33-4-2/h3,5-14,16,25,27H,1,4,15,17H2,2H3/t25-,27-/m1/s1. The quantitative estimate of drug-likeness (QED) is 0.234. The third-order valence-electron chi connectivity index (χ3n) is 6.02. The molecule has 0 saturated carbocycles. The summed E-state index contributed by atoms with van der Waals surface area (Å²) in [6, 6.07) is 20.0. The first-order chi connectivity index (χ1) is 17.1. The fourth-order valence-corrected chi connectivity index (χ4v) is 4.38. The highest BCUT2D eigenvalue weighted by atomic mass is 16.6. The van der Waals surface area contributed by atoms with E-state index in [-0.39, 0.29) is 16.7 Å². The minimum atomic E-state index is -0.475. The van der Waals surface area contributed by atoms with E-state index in [4.69, 9.17) is 19.3 Å². The van der Waals surface area contributed by atoms with Gasteiger partial charge in [-0.3, -0.25) is 10.1 Å². The van der Waals surface area contributed by atoms with Crippen molar-refractivity contribution in [1.29, 1.82) is 0 Å². The third kappa shape index (κ3) is 4.42. The molecule has 0 saturated heterocycles. The lowest BCUT2D eigenvalue weighted by molar-refractivity contribution is -0.385. The first-order valence-corrected chi connectivity index (χ1v) is 11.4. The van der Waals surface area contributed by atoms with Crippen molar-refractivity contribution in [1.82, 2.24) is 5.01 Å². The van der Waals surface area contributed by atoms with E-state index in [0.29, 0.717) is 25.4 Å². The predicted molar refractivity (Wildman–Crippen MR) is 132 cm³/mol. The number of ether oxygens (including phenoxy) is 3. The van der Waals surface area contributed by atoms with Crippen LogP contribution >= 0.6 is 0 Å². The summed E-state index contributed by atoms with van der Waals surface area (Å²) in [5, 5.41) is 18.3. The maximum atomic E-state index is 11.4. The van der Waals surface area contributed by atoms with Crippen LogP contribution in [0.3, 0.4) is 0 Å². The molecule has 8 heteroatoms. The second kappa shape index (κ2) is 9.50. The van der Waals surface area contributed by atoms with Crippen molar-refractivity contribution < 1.29 is 19.1 Å². The molecule has 0 N–H and O–H groups in total. The van der Waals surface area contributed by atoms with Crippen LogP contribution < -0.4 is 14.2 Å². The number of hydrazone groups is 1. The van der Waals surface area contributed by atoms with Crippen LogP contribution in [-0.4, -0.2) is 28.9 Å². The zero-order valence-corrected chi connectivity index (χ0v) is 19.3. The molecule has 0 fully saturated rings. The molecular formula is C27H25N3O5. The Balaban J connectivity index is 1.51. The minimum Gasteiger partial charge on any atom is -0.494 e. The van der Waals surface area contributed by atoms with Crippen LogP contribution in [0.5, 0.6) is 17.2 Å². The Kier molecular flexibility index (Phi) is 6.10. The zero-order chi connectivity index (χ0) is 24.4. The second-order valence-electron chi connectivity index (χ2n) is 8.22. The summed E-state index contributed by atoms with van der Waals surface area (Å²) in [5.41, 5.74) is 3.54. The molecule has 2 aliphatic heterocycles. The summed E-state index contributed by atoms with van der Waals surface area (Å²) in [7, 11) is 0. The number of non-ortho nitro benzene ring substituents is 1. The fraction of sp³-hybridized carbons (Fsp3) is 0.222. The Labute approximate surface area is 203 Å². The predicted octanol–water partition coefficient (Wildman–Crippen LogP) is 5.80. The number of benzene rings is 3. The number of nitro benzene ring substituents is 1. The third-order valence-corrected chi connectivity index (χ3v) is 6.02. The van der Waals surface area contributed by atoms with E-state index in [0.717, 1.165) is 33.9 Å². The van der Waals surface area contributed by atoms with Gasteiger partial charge in [-0.2, -0.15) is 5.10 Å². The van der Waals surface area contributed by atoms with Crippen molar-refractivity contribution in [3.63, 3.8) is 0 Å². The molecule has 0 bridgehead atoms. The van der Waals surface area contributed by atoms with Gasteiger partial charge in [-0.1, -0.05) is 12.7 Å². The SMILES string of the molecule is C=CCOc1ccc(C2=NN3[C@H](C2)c2cc([N+](=O)[O-])ccc2O[C@@H]3c2ccc(OCC)cc2)cc1. The average molecular weight is 472 g/mol.